The maximum atomic E-state index is 5.73. The molecule has 0 heterocycles. The molecule has 0 saturated heterocycles. The number of aliphatic imine (C=N–C) groups is 1. The van der Waals surface area contributed by atoms with Crippen LogP contribution in [0.4, 0.5) is 0 Å². The van der Waals surface area contributed by atoms with Crippen molar-refractivity contribution in [2.45, 2.75) is 27.2 Å². The second kappa shape index (κ2) is 9.25. The molecule has 1 aromatic carbocycles. The van der Waals surface area contributed by atoms with E-state index in [-0.39, 0.29) is 0 Å². The Labute approximate surface area is 116 Å². The maximum Gasteiger partial charge on any atom is 0.191 e. The van der Waals surface area contributed by atoms with Gasteiger partial charge in [-0.05, 0) is 32.4 Å². The molecule has 106 valence electrons. The molecule has 0 unspecified atom stereocenters. The van der Waals surface area contributed by atoms with Crippen LogP contribution in [0.3, 0.4) is 0 Å². The monoisotopic (exact) mass is 263 g/mol. The average Bonchev–Trinajstić information content (AvgIpc) is 2.41. The van der Waals surface area contributed by atoms with Gasteiger partial charge in [-0.25, -0.2) is 0 Å². The van der Waals surface area contributed by atoms with Gasteiger partial charge in [0.25, 0.3) is 0 Å². The van der Waals surface area contributed by atoms with Crippen molar-refractivity contribution in [2.24, 2.45) is 4.99 Å². The van der Waals surface area contributed by atoms with Gasteiger partial charge in [0.2, 0.25) is 0 Å². The number of hydrogen-bond donors (Lipinski definition) is 2. The van der Waals surface area contributed by atoms with E-state index in [0.717, 1.165) is 37.8 Å². The summed E-state index contributed by atoms with van der Waals surface area (Å²) in [5, 5.41) is 6.40. The van der Waals surface area contributed by atoms with Crippen molar-refractivity contribution in [1.82, 2.24) is 10.6 Å². The molecule has 4 nitrogen and oxygen atoms in total. The number of benzene rings is 1. The van der Waals surface area contributed by atoms with Crippen molar-refractivity contribution in [1.29, 1.82) is 0 Å². The molecule has 2 N–H and O–H groups in total. The van der Waals surface area contributed by atoms with Crippen LogP contribution < -0.4 is 15.4 Å². The van der Waals surface area contributed by atoms with Gasteiger partial charge in [-0.15, -0.1) is 0 Å². The lowest BCUT2D eigenvalue weighted by molar-refractivity contribution is 0.311. The van der Waals surface area contributed by atoms with Crippen molar-refractivity contribution >= 4 is 5.96 Å². The second-order valence-electron chi connectivity index (χ2n) is 4.26. The number of nitrogens with zero attached hydrogens (tertiary/aromatic N) is 1. The largest absolute Gasteiger partial charge is 0.493 e. The smallest absolute Gasteiger partial charge is 0.191 e. The normalized spacial score (nSPS) is 9.84. The van der Waals surface area contributed by atoms with Gasteiger partial charge in [-0.3, -0.25) is 4.99 Å². The highest BCUT2D eigenvalue weighted by molar-refractivity contribution is 5.79. The van der Waals surface area contributed by atoms with Gasteiger partial charge < -0.3 is 15.4 Å². The van der Waals surface area contributed by atoms with Crippen LogP contribution in [0.5, 0.6) is 5.75 Å². The fourth-order valence-electron chi connectivity index (χ4n) is 1.67. The van der Waals surface area contributed by atoms with E-state index in [2.05, 4.69) is 42.5 Å². The molecule has 0 amide bonds. The third-order valence-corrected chi connectivity index (χ3v) is 2.61. The fourth-order valence-corrected chi connectivity index (χ4v) is 1.67. The highest BCUT2D eigenvalue weighted by atomic mass is 16.5. The molecule has 0 aliphatic heterocycles. The molecule has 0 aromatic heterocycles. The first-order chi connectivity index (χ1) is 9.27. The van der Waals surface area contributed by atoms with Gasteiger partial charge in [0.15, 0.2) is 5.96 Å². The van der Waals surface area contributed by atoms with E-state index in [1.165, 1.54) is 5.56 Å². The van der Waals surface area contributed by atoms with E-state index in [9.17, 15) is 0 Å². The molecule has 0 fully saturated rings. The SMILES string of the molecule is CCNC(=NCCCOc1ccccc1C)NCC. The molecule has 0 spiro atoms. The Hall–Kier alpha value is -1.71. The van der Waals surface area contributed by atoms with Gasteiger partial charge >= 0.3 is 0 Å². The summed E-state index contributed by atoms with van der Waals surface area (Å²) in [5.41, 5.74) is 1.17. The first kappa shape index (κ1) is 15.3. The molecule has 0 aliphatic carbocycles. The van der Waals surface area contributed by atoms with E-state index in [0.29, 0.717) is 6.61 Å². The molecule has 1 aromatic rings. The van der Waals surface area contributed by atoms with Gasteiger partial charge in [0.05, 0.1) is 6.61 Å². The van der Waals surface area contributed by atoms with E-state index in [1.807, 2.05) is 18.2 Å². The summed E-state index contributed by atoms with van der Waals surface area (Å²) < 4.78 is 5.73. The Bertz CT molecular complexity index is 383. The van der Waals surface area contributed by atoms with E-state index >= 15 is 0 Å². The summed E-state index contributed by atoms with van der Waals surface area (Å²) in [7, 11) is 0. The summed E-state index contributed by atoms with van der Waals surface area (Å²) in [6.45, 7) is 9.41. The van der Waals surface area contributed by atoms with Crippen molar-refractivity contribution in [2.75, 3.05) is 26.2 Å². The van der Waals surface area contributed by atoms with Crippen LogP contribution in [0.1, 0.15) is 25.8 Å². The van der Waals surface area contributed by atoms with Crippen LogP contribution in [0.15, 0.2) is 29.3 Å². The van der Waals surface area contributed by atoms with E-state index < -0.39 is 0 Å². The maximum absolute atomic E-state index is 5.73. The number of hydrogen-bond acceptors (Lipinski definition) is 2. The Morgan fingerprint density at radius 1 is 1.16 bits per heavy atom. The summed E-state index contributed by atoms with van der Waals surface area (Å²) in [4.78, 5) is 4.47. The minimum atomic E-state index is 0.694. The molecule has 0 bridgehead atoms. The minimum Gasteiger partial charge on any atom is -0.493 e. The summed E-state index contributed by atoms with van der Waals surface area (Å²) in [6.07, 6.45) is 0.911. The third-order valence-electron chi connectivity index (χ3n) is 2.61. The molecular weight excluding hydrogens is 238 g/mol. The number of aryl methyl sites for hydroxylation is 1. The van der Waals surface area contributed by atoms with E-state index in [1.54, 1.807) is 0 Å². The Kier molecular flexibility index (Phi) is 7.47. The first-order valence-electron chi connectivity index (χ1n) is 6.98. The number of rotatable bonds is 7. The molecule has 1 rings (SSSR count). The number of guanidine groups is 1. The van der Waals surface area contributed by atoms with E-state index in [4.69, 9.17) is 4.74 Å². The van der Waals surface area contributed by atoms with Crippen LogP contribution >= 0.6 is 0 Å². The zero-order chi connectivity index (χ0) is 13.9. The quantitative estimate of drug-likeness (QED) is 0.451. The summed E-state index contributed by atoms with van der Waals surface area (Å²) in [6, 6.07) is 8.07. The molecule has 0 aliphatic rings. The summed E-state index contributed by atoms with van der Waals surface area (Å²) >= 11 is 0. The standard InChI is InChI=1S/C15H25N3O/c1-4-16-15(17-5-2)18-11-8-12-19-14-10-7-6-9-13(14)3/h6-7,9-10H,4-5,8,11-12H2,1-3H3,(H2,16,17,18). The number of nitrogens with one attached hydrogen (secondary N) is 2. The van der Waals surface area contributed by atoms with Crippen LogP contribution in [-0.2, 0) is 0 Å². The first-order valence-corrected chi connectivity index (χ1v) is 6.98. The zero-order valence-electron chi connectivity index (χ0n) is 12.2. The van der Waals surface area contributed by atoms with Crippen LogP contribution in [0.25, 0.3) is 0 Å². The minimum absolute atomic E-state index is 0.694. The fraction of sp³-hybridized carbons (Fsp3) is 0.533. The lowest BCUT2D eigenvalue weighted by Crippen LogP contribution is -2.37. The summed E-state index contributed by atoms with van der Waals surface area (Å²) in [5.74, 6) is 1.84. The Balaban J connectivity index is 2.26. The Morgan fingerprint density at radius 2 is 1.84 bits per heavy atom. The van der Waals surface area contributed by atoms with Crippen LogP contribution in [-0.4, -0.2) is 32.2 Å². The van der Waals surface area contributed by atoms with Gasteiger partial charge in [-0.2, -0.15) is 0 Å². The predicted octanol–water partition coefficient (Wildman–Crippen LogP) is 2.34. The molecule has 0 atom stereocenters. The Morgan fingerprint density at radius 3 is 2.47 bits per heavy atom. The highest BCUT2D eigenvalue weighted by Crippen LogP contribution is 2.15. The number of para-hydroxylation sites is 1. The zero-order valence-corrected chi connectivity index (χ0v) is 12.2. The average molecular weight is 263 g/mol. The van der Waals surface area contributed by atoms with Gasteiger partial charge in [0, 0.05) is 26.1 Å². The van der Waals surface area contributed by atoms with Gasteiger partial charge in [-0.1, -0.05) is 18.2 Å². The molecule has 4 heteroatoms. The topological polar surface area (TPSA) is 45.7 Å². The molecular formula is C15H25N3O. The molecule has 0 saturated carbocycles. The molecule has 0 radical (unpaired) electrons. The van der Waals surface area contributed by atoms with Crippen LogP contribution in [0, 0.1) is 6.92 Å². The van der Waals surface area contributed by atoms with Crippen molar-refractivity contribution in [3.05, 3.63) is 29.8 Å². The van der Waals surface area contributed by atoms with Crippen molar-refractivity contribution in [3.8, 4) is 5.75 Å². The van der Waals surface area contributed by atoms with Crippen LogP contribution in [0.2, 0.25) is 0 Å². The lowest BCUT2D eigenvalue weighted by atomic mass is 10.2. The highest BCUT2D eigenvalue weighted by Gasteiger charge is 1.97. The van der Waals surface area contributed by atoms with Crippen molar-refractivity contribution in [3.63, 3.8) is 0 Å². The second-order valence-corrected chi connectivity index (χ2v) is 4.26. The molecule has 19 heavy (non-hydrogen) atoms. The van der Waals surface area contributed by atoms with Crippen molar-refractivity contribution < 1.29 is 4.74 Å². The third kappa shape index (κ3) is 6.13. The lowest BCUT2D eigenvalue weighted by Gasteiger charge is -2.10. The van der Waals surface area contributed by atoms with Gasteiger partial charge in [0.1, 0.15) is 5.75 Å². The number of ether oxygens (including phenoxy) is 1. The predicted molar refractivity (Wildman–Crippen MR) is 80.9 cm³/mol.